The Morgan fingerprint density at radius 1 is 1.08 bits per heavy atom. The van der Waals surface area contributed by atoms with E-state index in [0.29, 0.717) is 0 Å². The summed E-state index contributed by atoms with van der Waals surface area (Å²) in [5.41, 5.74) is 0. The highest BCUT2D eigenvalue weighted by atomic mass is 32.1. The molecule has 0 aromatic rings. The zero-order chi connectivity index (χ0) is 9.84. The average molecular weight is 205 g/mol. The first-order valence-electron chi connectivity index (χ1n) is 3.99. The van der Waals surface area contributed by atoms with Crippen LogP contribution in [0.15, 0.2) is 0 Å². The molecule has 0 bridgehead atoms. The minimum atomic E-state index is -0.386. The number of hydrogen-bond donors (Lipinski definition) is 1. The van der Waals surface area contributed by atoms with Crippen LogP contribution in [0.4, 0.5) is 0 Å². The Hall–Kier alpha value is 0.255. The van der Waals surface area contributed by atoms with Crippen molar-refractivity contribution in [3.05, 3.63) is 0 Å². The van der Waals surface area contributed by atoms with Gasteiger partial charge in [-0.15, -0.1) is 0 Å². The smallest absolute Gasteiger partial charge is 0.227 e. The van der Waals surface area contributed by atoms with E-state index in [2.05, 4.69) is 12.5 Å². The van der Waals surface area contributed by atoms with Crippen molar-refractivity contribution in [1.29, 1.82) is 0 Å². The molecule has 0 aromatic heterocycles. The van der Waals surface area contributed by atoms with Crippen molar-refractivity contribution < 1.29 is 18.9 Å². The van der Waals surface area contributed by atoms with Gasteiger partial charge in [0.2, 0.25) is 6.56 Å². The van der Waals surface area contributed by atoms with Gasteiger partial charge in [0.25, 0.3) is 0 Å². The van der Waals surface area contributed by atoms with Crippen LogP contribution in [-0.4, -0.2) is 52.4 Å². The van der Waals surface area contributed by atoms with Gasteiger partial charge in [0.1, 0.15) is 12.2 Å². The number of thiol groups is 1. The number of methoxy groups -OCH3 is 3. The third-order valence-electron chi connectivity index (χ3n) is 2.13. The molecule has 0 aromatic carbocycles. The van der Waals surface area contributed by atoms with Gasteiger partial charge < -0.3 is 18.9 Å². The van der Waals surface area contributed by atoms with Crippen molar-refractivity contribution >= 4 is 19.0 Å². The van der Waals surface area contributed by atoms with Gasteiger partial charge in [0, 0.05) is 21.3 Å². The maximum absolute atomic E-state index is 5.46. The molecule has 0 saturated carbocycles. The van der Waals surface area contributed by atoms with Gasteiger partial charge in [-0.25, -0.2) is 12.5 Å². The molecule has 0 aliphatic carbocycles. The second-order valence-electron chi connectivity index (χ2n) is 2.75. The lowest BCUT2D eigenvalue weighted by Crippen LogP contribution is -2.37. The summed E-state index contributed by atoms with van der Waals surface area (Å²) in [6, 6.07) is -0.191. The molecule has 0 amide bonds. The summed E-state index contributed by atoms with van der Waals surface area (Å²) in [5.74, 6) is 0. The van der Waals surface area contributed by atoms with Crippen LogP contribution >= 0.6 is 12.5 Å². The Morgan fingerprint density at radius 3 is 2.08 bits per heavy atom. The standard InChI is InChI=1S/C7H14BO4S/c1-9-4-5(10-2)7(11-3)12-6(4)8-13/h4-7,13H,1-3H3. The van der Waals surface area contributed by atoms with Gasteiger partial charge in [0.15, 0.2) is 6.29 Å². The molecule has 1 radical (unpaired) electrons. The molecule has 1 saturated heterocycles. The summed E-state index contributed by atoms with van der Waals surface area (Å²) in [6.45, 7) is 1.64. The summed E-state index contributed by atoms with van der Waals surface area (Å²) in [6.07, 6.45) is -0.751. The van der Waals surface area contributed by atoms with Crippen LogP contribution in [-0.2, 0) is 18.9 Å². The van der Waals surface area contributed by atoms with Crippen LogP contribution in [0.1, 0.15) is 0 Å². The summed E-state index contributed by atoms with van der Waals surface area (Å²) in [5, 5.41) is 0. The summed E-state index contributed by atoms with van der Waals surface area (Å²) < 4.78 is 21.0. The normalized spacial score (nSPS) is 39.4. The number of ether oxygens (including phenoxy) is 4. The van der Waals surface area contributed by atoms with Crippen LogP contribution in [0, 0.1) is 0 Å². The largest absolute Gasteiger partial charge is 0.377 e. The van der Waals surface area contributed by atoms with Crippen LogP contribution in [0.2, 0.25) is 0 Å². The van der Waals surface area contributed by atoms with Crippen LogP contribution in [0.5, 0.6) is 0 Å². The molecule has 1 heterocycles. The lowest BCUT2D eigenvalue weighted by atomic mass is 9.92. The SMILES string of the molecule is COC1OC([B]S)C(OC)C1OC. The molecular formula is C7H14BO4S. The molecule has 1 aliphatic heterocycles. The molecule has 4 atom stereocenters. The lowest BCUT2D eigenvalue weighted by molar-refractivity contribution is -0.148. The van der Waals surface area contributed by atoms with Gasteiger partial charge in [-0.3, -0.25) is 0 Å². The molecule has 1 aliphatic rings. The Labute approximate surface area is 84.4 Å². The molecule has 6 heteroatoms. The van der Waals surface area contributed by atoms with Crippen LogP contribution < -0.4 is 0 Å². The molecule has 0 spiro atoms. The molecule has 75 valence electrons. The highest BCUT2D eigenvalue weighted by Gasteiger charge is 2.44. The molecular weight excluding hydrogens is 191 g/mol. The van der Waals surface area contributed by atoms with E-state index in [9.17, 15) is 0 Å². The van der Waals surface area contributed by atoms with E-state index in [1.54, 1.807) is 27.9 Å². The van der Waals surface area contributed by atoms with Crippen LogP contribution in [0.25, 0.3) is 0 Å². The van der Waals surface area contributed by atoms with Gasteiger partial charge >= 0.3 is 0 Å². The van der Waals surface area contributed by atoms with Crippen molar-refractivity contribution in [2.45, 2.75) is 24.5 Å². The van der Waals surface area contributed by atoms with Crippen molar-refractivity contribution in [1.82, 2.24) is 0 Å². The average Bonchev–Trinajstić information content (AvgIpc) is 2.54. The highest BCUT2D eigenvalue weighted by Crippen LogP contribution is 2.25. The molecule has 13 heavy (non-hydrogen) atoms. The molecule has 4 nitrogen and oxygen atoms in total. The fraction of sp³-hybridized carbons (Fsp3) is 1.00. The van der Waals surface area contributed by atoms with Crippen molar-refractivity contribution in [3.8, 4) is 0 Å². The first kappa shape index (κ1) is 11.3. The Kier molecular flexibility index (Phi) is 4.54. The Balaban J connectivity index is 2.65. The minimum Gasteiger partial charge on any atom is -0.377 e. The van der Waals surface area contributed by atoms with Gasteiger partial charge in [-0.1, -0.05) is 0 Å². The van der Waals surface area contributed by atoms with Gasteiger partial charge in [0.05, 0.1) is 6.00 Å². The second-order valence-corrected chi connectivity index (χ2v) is 3.05. The quantitative estimate of drug-likeness (QED) is 0.513. The first-order valence-corrected chi connectivity index (χ1v) is 4.51. The van der Waals surface area contributed by atoms with E-state index >= 15 is 0 Å². The molecule has 1 fully saturated rings. The molecule has 0 N–H and O–H groups in total. The van der Waals surface area contributed by atoms with E-state index in [4.69, 9.17) is 18.9 Å². The minimum absolute atomic E-state index is 0.160. The molecule has 4 unspecified atom stereocenters. The maximum atomic E-state index is 5.46. The third kappa shape index (κ3) is 2.19. The van der Waals surface area contributed by atoms with Crippen molar-refractivity contribution in [2.24, 2.45) is 0 Å². The van der Waals surface area contributed by atoms with Crippen molar-refractivity contribution in [3.63, 3.8) is 0 Å². The first-order chi connectivity index (χ1) is 6.28. The predicted octanol–water partition coefficient (Wildman–Crippen LogP) is -0.106. The van der Waals surface area contributed by atoms with Crippen LogP contribution in [0.3, 0.4) is 0 Å². The lowest BCUT2D eigenvalue weighted by Gasteiger charge is -2.19. The highest BCUT2D eigenvalue weighted by molar-refractivity contribution is 8.07. The number of rotatable bonds is 4. The van der Waals surface area contributed by atoms with E-state index in [-0.39, 0.29) is 24.5 Å². The summed E-state index contributed by atoms with van der Waals surface area (Å²) in [4.78, 5) is 0. The monoisotopic (exact) mass is 205 g/mol. The molecule has 1 rings (SSSR count). The van der Waals surface area contributed by atoms with Gasteiger partial charge in [-0.2, -0.15) is 0 Å². The van der Waals surface area contributed by atoms with E-state index in [1.807, 2.05) is 0 Å². The second kappa shape index (κ2) is 5.21. The summed E-state index contributed by atoms with van der Waals surface area (Å²) >= 11 is 4.05. The third-order valence-corrected chi connectivity index (χ3v) is 2.42. The zero-order valence-electron chi connectivity index (χ0n) is 7.97. The van der Waals surface area contributed by atoms with E-state index in [0.717, 1.165) is 0 Å². The van der Waals surface area contributed by atoms with E-state index in [1.165, 1.54) is 0 Å². The van der Waals surface area contributed by atoms with Gasteiger partial charge in [-0.05, 0) is 0 Å². The van der Waals surface area contributed by atoms with E-state index < -0.39 is 0 Å². The van der Waals surface area contributed by atoms with Crippen molar-refractivity contribution in [2.75, 3.05) is 21.3 Å². The maximum Gasteiger partial charge on any atom is 0.227 e. The summed E-state index contributed by atoms with van der Waals surface area (Å²) in [7, 11) is 4.79. The predicted molar refractivity (Wildman–Crippen MR) is 52.0 cm³/mol. The fourth-order valence-electron chi connectivity index (χ4n) is 1.47. The zero-order valence-corrected chi connectivity index (χ0v) is 8.86. The fourth-order valence-corrected chi connectivity index (χ4v) is 1.71. The topological polar surface area (TPSA) is 36.9 Å². The Bertz CT molecular complexity index is 143. The number of hydrogen-bond acceptors (Lipinski definition) is 5. The Morgan fingerprint density at radius 2 is 1.69 bits per heavy atom.